The van der Waals surface area contributed by atoms with E-state index in [2.05, 4.69) is 0 Å². The molecule has 1 amide bonds. The summed E-state index contributed by atoms with van der Waals surface area (Å²) < 4.78 is 31.4. The molecular formula is C12H10F2N2O2. The summed E-state index contributed by atoms with van der Waals surface area (Å²) in [6.07, 6.45) is 0. The Hall–Kier alpha value is -2.00. The van der Waals surface area contributed by atoms with Gasteiger partial charge in [0.1, 0.15) is 11.6 Å². The van der Waals surface area contributed by atoms with Crippen LogP contribution in [0.3, 0.4) is 0 Å². The number of nitriles is 1. The molecule has 0 atom stereocenters. The van der Waals surface area contributed by atoms with Crippen LogP contribution in [0.25, 0.3) is 0 Å². The van der Waals surface area contributed by atoms with Crippen molar-refractivity contribution in [3.63, 3.8) is 0 Å². The van der Waals surface area contributed by atoms with E-state index in [1.165, 1.54) is 7.05 Å². The number of ether oxygens (including phenoxy) is 1. The molecule has 0 bridgehead atoms. The van der Waals surface area contributed by atoms with Crippen molar-refractivity contribution in [3.05, 3.63) is 29.8 Å². The highest BCUT2D eigenvalue weighted by Crippen LogP contribution is 2.31. The molecule has 1 aromatic carbocycles. The Morgan fingerprint density at radius 2 is 2.17 bits per heavy atom. The van der Waals surface area contributed by atoms with Crippen molar-refractivity contribution in [3.8, 4) is 6.07 Å². The maximum absolute atomic E-state index is 13.5. The highest BCUT2D eigenvalue weighted by molar-refractivity contribution is 5.99. The molecule has 0 saturated carbocycles. The van der Waals surface area contributed by atoms with Crippen LogP contribution in [0.5, 0.6) is 0 Å². The van der Waals surface area contributed by atoms with E-state index in [1.807, 2.05) is 6.07 Å². The lowest BCUT2D eigenvalue weighted by molar-refractivity contribution is -0.146. The third kappa shape index (κ3) is 1.83. The molecule has 1 aromatic rings. The summed E-state index contributed by atoms with van der Waals surface area (Å²) in [6.45, 7) is -0.0484. The normalized spacial score (nSPS) is 16.6. The molecule has 1 aliphatic rings. The average Bonchev–Trinajstić information content (AvgIpc) is 2.30. The van der Waals surface area contributed by atoms with Crippen LogP contribution in [0.1, 0.15) is 0 Å². The Morgan fingerprint density at radius 3 is 2.67 bits per heavy atom. The minimum absolute atomic E-state index is 0.0242. The molecule has 1 fully saturated rings. The van der Waals surface area contributed by atoms with E-state index >= 15 is 0 Å². The van der Waals surface area contributed by atoms with Gasteiger partial charge in [-0.15, -0.1) is 0 Å². The van der Waals surface area contributed by atoms with E-state index in [-0.39, 0.29) is 18.9 Å². The molecule has 1 aliphatic heterocycles. The van der Waals surface area contributed by atoms with Crippen LogP contribution in [-0.4, -0.2) is 26.2 Å². The van der Waals surface area contributed by atoms with Gasteiger partial charge >= 0.3 is 0 Å². The first kappa shape index (κ1) is 12.5. The van der Waals surface area contributed by atoms with Gasteiger partial charge in [0.25, 0.3) is 5.91 Å². The molecular weight excluding hydrogens is 242 g/mol. The van der Waals surface area contributed by atoms with E-state index in [4.69, 9.17) is 10.00 Å². The molecule has 4 nitrogen and oxygen atoms in total. The zero-order valence-corrected chi connectivity index (χ0v) is 9.61. The summed E-state index contributed by atoms with van der Waals surface area (Å²) in [7, 11) is 1.30. The van der Waals surface area contributed by atoms with Crippen LogP contribution < -0.4 is 4.90 Å². The van der Waals surface area contributed by atoms with Crippen molar-refractivity contribution < 1.29 is 18.3 Å². The first-order valence-electron chi connectivity index (χ1n) is 5.22. The number of carbonyl (C=O) groups excluding carboxylic acids is 1. The van der Waals surface area contributed by atoms with Gasteiger partial charge in [0.05, 0.1) is 25.0 Å². The number of benzene rings is 1. The molecule has 1 saturated heterocycles. The van der Waals surface area contributed by atoms with E-state index in [1.54, 1.807) is 0 Å². The predicted molar refractivity (Wildman–Crippen MR) is 58.6 cm³/mol. The number of hydrogen-bond acceptors (Lipinski definition) is 3. The van der Waals surface area contributed by atoms with Gasteiger partial charge in [-0.05, 0) is 12.1 Å². The van der Waals surface area contributed by atoms with Gasteiger partial charge in [0.15, 0.2) is 5.41 Å². The lowest BCUT2D eigenvalue weighted by Gasteiger charge is -2.36. The van der Waals surface area contributed by atoms with Crippen LogP contribution in [0.4, 0.5) is 14.5 Å². The minimum Gasteiger partial charge on any atom is -0.377 e. The molecule has 0 aromatic heterocycles. The van der Waals surface area contributed by atoms with Gasteiger partial charge in [-0.3, -0.25) is 4.79 Å². The van der Waals surface area contributed by atoms with E-state index in [9.17, 15) is 13.6 Å². The Bertz CT molecular complexity index is 535. The number of anilines is 1. The summed E-state index contributed by atoms with van der Waals surface area (Å²) in [6, 6.07) is 4.68. The Morgan fingerprint density at radius 1 is 1.50 bits per heavy atom. The summed E-state index contributed by atoms with van der Waals surface area (Å²) in [5.41, 5.74) is -1.48. The van der Waals surface area contributed by atoms with Crippen molar-refractivity contribution in [2.24, 2.45) is 5.41 Å². The third-order valence-corrected chi connectivity index (χ3v) is 2.89. The predicted octanol–water partition coefficient (Wildman–Crippen LogP) is 1.47. The van der Waals surface area contributed by atoms with Crippen molar-refractivity contribution >= 4 is 11.6 Å². The van der Waals surface area contributed by atoms with Crippen molar-refractivity contribution in [2.75, 3.05) is 25.2 Å². The highest BCUT2D eigenvalue weighted by atomic mass is 19.1. The number of halogens is 2. The van der Waals surface area contributed by atoms with Crippen LogP contribution in [0.15, 0.2) is 18.2 Å². The maximum atomic E-state index is 13.5. The highest BCUT2D eigenvalue weighted by Gasteiger charge is 2.48. The fourth-order valence-electron chi connectivity index (χ4n) is 1.72. The molecule has 18 heavy (non-hydrogen) atoms. The number of amides is 1. The van der Waals surface area contributed by atoms with Gasteiger partial charge in [0, 0.05) is 13.1 Å². The average molecular weight is 252 g/mol. The summed E-state index contributed by atoms with van der Waals surface area (Å²) >= 11 is 0. The first-order chi connectivity index (χ1) is 8.50. The molecule has 0 spiro atoms. The molecule has 0 N–H and O–H groups in total. The minimum atomic E-state index is -1.28. The summed E-state index contributed by atoms with van der Waals surface area (Å²) in [5, 5.41) is 8.98. The second-order valence-corrected chi connectivity index (χ2v) is 4.15. The largest absolute Gasteiger partial charge is 0.377 e. The fraction of sp³-hybridized carbons (Fsp3) is 0.333. The van der Waals surface area contributed by atoms with Crippen molar-refractivity contribution in [1.29, 1.82) is 5.26 Å². The molecule has 94 valence electrons. The molecule has 0 aliphatic carbocycles. The topological polar surface area (TPSA) is 53.3 Å². The van der Waals surface area contributed by atoms with Crippen LogP contribution in [0, 0.1) is 28.4 Å². The van der Waals surface area contributed by atoms with Gasteiger partial charge in [-0.2, -0.15) is 5.26 Å². The number of rotatable bonds is 2. The maximum Gasteiger partial charge on any atom is 0.252 e. The molecule has 6 heteroatoms. The fourth-order valence-corrected chi connectivity index (χ4v) is 1.72. The summed E-state index contributed by atoms with van der Waals surface area (Å²) in [4.78, 5) is 13.0. The Labute approximate surface area is 102 Å². The smallest absolute Gasteiger partial charge is 0.252 e. The SMILES string of the molecule is CN(C(=O)C1(C#N)COC1)c1cc(F)ccc1F. The van der Waals surface area contributed by atoms with E-state index < -0.39 is 23.0 Å². The number of carbonyl (C=O) groups is 1. The van der Waals surface area contributed by atoms with Crippen molar-refractivity contribution in [2.45, 2.75) is 0 Å². The quantitative estimate of drug-likeness (QED) is 0.800. The Balaban J connectivity index is 2.31. The lowest BCUT2D eigenvalue weighted by atomic mass is 9.86. The van der Waals surface area contributed by atoms with Gasteiger partial charge in [-0.1, -0.05) is 0 Å². The second-order valence-electron chi connectivity index (χ2n) is 4.15. The third-order valence-electron chi connectivity index (χ3n) is 2.89. The number of nitrogens with zero attached hydrogens (tertiary/aromatic N) is 2. The second kappa shape index (κ2) is 4.35. The lowest BCUT2D eigenvalue weighted by Crippen LogP contribution is -2.53. The molecule has 0 radical (unpaired) electrons. The van der Waals surface area contributed by atoms with Gasteiger partial charge < -0.3 is 9.64 Å². The Kier molecular flexibility index (Phi) is 3.01. The van der Waals surface area contributed by atoms with Crippen molar-refractivity contribution in [1.82, 2.24) is 0 Å². The molecule has 2 rings (SSSR count). The number of hydrogen-bond donors (Lipinski definition) is 0. The van der Waals surface area contributed by atoms with Crippen LogP contribution in [-0.2, 0) is 9.53 Å². The standard InChI is InChI=1S/C12H10F2N2O2/c1-16(10-4-8(13)2-3-9(10)14)11(17)12(5-15)6-18-7-12/h2-4H,6-7H2,1H3. The zero-order valence-electron chi connectivity index (χ0n) is 9.61. The molecule has 1 heterocycles. The van der Waals surface area contributed by atoms with Crippen LogP contribution >= 0.6 is 0 Å². The van der Waals surface area contributed by atoms with E-state index in [0.29, 0.717) is 0 Å². The van der Waals surface area contributed by atoms with Gasteiger partial charge in [0.2, 0.25) is 0 Å². The van der Waals surface area contributed by atoms with Gasteiger partial charge in [-0.25, -0.2) is 8.78 Å². The van der Waals surface area contributed by atoms with Crippen LogP contribution in [0.2, 0.25) is 0 Å². The monoisotopic (exact) mass is 252 g/mol. The summed E-state index contributed by atoms with van der Waals surface area (Å²) in [5.74, 6) is -1.97. The van der Waals surface area contributed by atoms with E-state index in [0.717, 1.165) is 23.1 Å². The molecule has 0 unspecified atom stereocenters. The zero-order chi connectivity index (χ0) is 13.3. The first-order valence-corrected chi connectivity index (χ1v) is 5.22.